The van der Waals surface area contributed by atoms with E-state index in [9.17, 15) is 9.59 Å². The fourth-order valence-corrected chi connectivity index (χ4v) is 4.57. The van der Waals surface area contributed by atoms with Crippen LogP contribution in [0.4, 0.5) is 0 Å². The van der Waals surface area contributed by atoms with Gasteiger partial charge < -0.3 is 9.80 Å². The highest BCUT2D eigenvalue weighted by Crippen LogP contribution is 2.37. The highest BCUT2D eigenvalue weighted by Gasteiger charge is 2.32. The van der Waals surface area contributed by atoms with Gasteiger partial charge in [-0.25, -0.2) is 9.97 Å². The van der Waals surface area contributed by atoms with Gasteiger partial charge >= 0.3 is 0 Å². The number of pyridine rings is 2. The largest absolute Gasteiger partial charge is 0.344 e. The Labute approximate surface area is 161 Å². The second kappa shape index (κ2) is 7.08. The predicted molar refractivity (Wildman–Crippen MR) is 105 cm³/mol. The molecule has 1 atom stereocenters. The molecule has 0 aliphatic carbocycles. The van der Waals surface area contributed by atoms with Crippen molar-refractivity contribution < 1.29 is 9.59 Å². The molecule has 0 spiro atoms. The lowest BCUT2D eigenvalue weighted by atomic mass is 10.1. The Bertz CT molecular complexity index is 1010. The lowest BCUT2D eigenvalue weighted by Gasteiger charge is -2.23. The van der Waals surface area contributed by atoms with E-state index in [1.54, 1.807) is 31.3 Å². The van der Waals surface area contributed by atoms with Crippen molar-refractivity contribution in [1.29, 1.82) is 0 Å². The van der Waals surface area contributed by atoms with Gasteiger partial charge in [-0.1, -0.05) is 0 Å². The minimum Gasteiger partial charge on any atom is -0.344 e. The molecular weight excluding hydrogens is 360 g/mol. The SMILES string of the molecule is CN(C)C(=O)c1ccc(C2CCCN2C(=O)c2ccc3cccnc3n2)s1. The van der Waals surface area contributed by atoms with Crippen LogP contribution in [0.2, 0.25) is 0 Å². The molecule has 0 N–H and O–H groups in total. The topological polar surface area (TPSA) is 66.4 Å². The molecule has 0 aromatic carbocycles. The third kappa shape index (κ3) is 3.30. The van der Waals surface area contributed by atoms with Gasteiger partial charge in [-0.15, -0.1) is 11.3 Å². The van der Waals surface area contributed by atoms with Crippen LogP contribution in [0.25, 0.3) is 11.0 Å². The summed E-state index contributed by atoms with van der Waals surface area (Å²) in [5.74, 6) is -0.0941. The van der Waals surface area contributed by atoms with E-state index in [4.69, 9.17) is 0 Å². The molecule has 7 heteroatoms. The predicted octanol–water partition coefficient (Wildman–Crippen LogP) is 3.37. The third-order valence-corrected chi connectivity index (χ3v) is 5.94. The highest BCUT2D eigenvalue weighted by atomic mass is 32.1. The van der Waals surface area contributed by atoms with Crippen LogP contribution >= 0.6 is 11.3 Å². The molecule has 0 bridgehead atoms. The van der Waals surface area contributed by atoms with Crippen molar-refractivity contribution in [3.05, 3.63) is 58.0 Å². The van der Waals surface area contributed by atoms with Crippen LogP contribution in [0.15, 0.2) is 42.6 Å². The first-order valence-electron chi connectivity index (χ1n) is 8.89. The van der Waals surface area contributed by atoms with E-state index in [2.05, 4.69) is 9.97 Å². The van der Waals surface area contributed by atoms with Crippen molar-refractivity contribution in [2.24, 2.45) is 0 Å². The van der Waals surface area contributed by atoms with Crippen LogP contribution in [0.5, 0.6) is 0 Å². The van der Waals surface area contributed by atoms with E-state index in [0.29, 0.717) is 22.8 Å². The van der Waals surface area contributed by atoms with E-state index in [1.165, 1.54) is 11.3 Å². The molecule has 1 saturated heterocycles. The van der Waals surface area contributed by atoms with Gasteiger partial charge in [0.15, 0.2) is 5.65 Å². The van der Waals surface area contributed by atoms with E-state index in [1.807, 2.05) is 35.2 Å². The molecule has 4 heterocycles. The number of thiophene rings is 1. The number of rotatable bonds is 3. The quantitative estimate of drug-likeness (QED) is 0.699. The number of nitrogens with zero attached hydrogens (tertiary/aromatic N) is 4. The summed E-state index contributed by atoms with van der Waals surface area (Å²) in [4.78, 5) is 39.1. The molecule has 4 rings (SSSR count). The zero-order valence-electron chi connectivity index (χ0n) is 15.3. The number of hydrogen-bond acceptors (Lipinski definition) is 5. The van der Waals surface area contributed by atoms with Crippen molar-refractivity contribution >= 4 is 34.2 Å². The minimum absolute atomic E-state index is 0.00700. The monoisotopic (exact) mass is 380 g/mol. The standard InChI is InChI=1S/C20H20N4O2S/c1-23(2)20(26)17-10-9-16(27-17)15-6-4-12-24(15)19(25)14-8-7-13-5-3-11-21-18(13)22-14/h3,5,7-11,15H,4,6,12H2,1-2H3. The van der Waals surface area contributed by atoms with Crippen molar-refractivity contribution in [1.82, 2.24) is 19.8 Å². The number of carbonyl (C=O) groups is 2. The molecule has 1 aliphatic heterocycles. The second-order valence-corrected chi connectivity index (χ2v) is 7.92. The summed E-state index contributed by atoms with van der Waals surface area (Å²) in [6.45, 7) is 0.695. The van der Waals surface area contributed by atoms with Crippen molar-refractivity contribution in [2.45, 2.75) is 18.9 Å². The lowest BCUT2D eigenvalue weighted by Crippen LogP contribution is -2.30. The zero-order valence-corrected chi connectivity index (χ0v) is 16.1. The fraction of sp³-hybridized carbons (Fsp3) is 0.300. The van der Waals surface area contributed by atoms with Crippen molar-refractivity contribution in [2.75, 3.05) is 20.6 Å². The molecule has 6 nitrogen and oxygen atoms in total. The Hall–Kier alpha value is -2.80. The molecule has 0 saturated carbocycles. The Morgan fingerprint density at radius 3 is 2.85 bits per heavy atom. The molecule has 3 aromatic heterocycles. The van der Waals surface area contributed by atoms with Gasteiger partial charge in [-0.05, 0) is 49.2 Å². The van der Waals surface area contributed by atoms with E-state index < -0.39 is 0 Å². The molecule has 0 radical (unpaired) electrons. The maximum absolute atomic E-state index is 13.1. The molecular formula is C20H20N4O2S. The van der Waals surface area contributed by atoms with Crippen LogP contribution in [-0.4, -0.2) is 52.2 Å². The molecule has 2 amide bonds. The Balaban J connectivity index is 1.60. The second-order valence-electron chi connectivity index (χ2n) is 6.80. The van der Waals surface area contributed by atoms with Crippen molar-refractivity contribution in [3.8, 4) is 0 Å². The van der Waals surface area contributed by atoms with Crippen LogP contribution in [0, 0.1) is 0 Å². The Morgan fingerprint density at radius 1 is 1.19 bits per heavy atom. The van der Waals surface area contributed by atoms with E-state index >= 15 is 0 Å². The van der Waals surface area contributed by atoms with Gasteiger partial charge in [0, 0.05) is 37.1 Å². The maximum Gasteiger partial charge on any atom is 0.273 e. The average Bonchev–Trinajstić information content (AvgIpc) is 3.35. The maximum atomic E-state index is 13.1. The first-order chi connectivity index (χ1) is 13.0. The lowest BCUT2D eigenvalue weighted by molar-refractivity contribution is 0.0732. The van der Waals surface area contributed by atoms with Crippen LogP contribution < -0.4 is 0 Å². The Morgan fingerprint density at radius 2 is 2.04 bits per heavy atom. The van der Waals surface area contributed by atoms with Crippen LogP contribution in [-0.2, 0) is 0 Å². The number of aromatic nitrogens is 2. The molecule has 3 aromatic rings. The first kappa shape index (κ1) is 17.6. The van der Waals surface area contributed by atoms with E-state index in [0.717, 1.165) is 23.1 Å². The van der Waals surface area contributed by atoms with Crippen LogP contribution in [0.1, 0.15) is 43.9 Å². The van der Waals surface area contributed by atoms with Gasteiger partial charge in [-0.2, -0.15) is 0 Å². The fourth-order valence-electron chi connectivity index (χ4n) is 3.39. The number of hydrogen-bond donors (Lipinski definition) is 0. The molecule has 138 valence electrons. The smallest absolute Gasteiger partial charge is 0.273 e. The van der Waals surface area contributed by atoms with Gasteiger partial charge in [-0.3, -0.25) is 9.59 Å². The van der Waals surface area contributed by atoms with Crippen molar-refractivity contribution in [3.63, 3.8) is 0 Å². The van der Waals surface area contributed by atoms with Crippen LogP contribution in [0.3, 0.4) is 0 Å². The summed E-state index contributed by atoms with van der Waals surface area (Å²) < 4.78 is 0. The molecule has 1 aliphatic rings. The summed E-state index contributed by atoms with van der Waals surface area (Å²) in [5.41, 5.74) is 0.989. The summed E-state index contributed by atoms with van der Waals surface area (Å²) in [6, 6.07) is 11.2. The van der Waals surface area contributed by atoms with E-state index in [-0.39, 0.29) is 17.9 Å². The normalized spacial score (nSPS) is 16.7. The van der Waals surface area contributed by atoms with Gasteiger partial charge in [0.1, 0.15) is 5.69 Å². The molecule has 1 fully saturated rings. The summed E-state index contributed by atoms with van der Waals surface area (Å²) in [5, 5.41) is 0.914. The number of amides is 2. The van der Waals surface area contributed by atoms with Gasteiger partial charge in [0.05, 0.1) is 10.9 Å². The minimum atomic E-state index is -0.0843. The summed E-state index contributed by atoms with van der Waals surface area (Å²) in [6.07, 6.45) is 3.52. The Kier molecular flexibility index (Phi) is 4.61. The summed E-state index contributed by atoms with van der Waals surface area (Å²) in [7, 11) is 3.49. The number of likely N-dealkylation sites (tertiary alicyclic amines) is 1. The van der Waals surface area contributed by atoms with Gasteiger partial charge in [0.25, 0.3) is 11.8 Å². The summed E-state index contributed by atoms with van der Waals surface area (Å²) >= 11 is 1.47. The molecule has 27 heavy (non-hydrogen) atoms. The average molecular weight is 380 g/mol. The third-order valence-electron chi connectivity index (χ3n) is 4.77. The number of carbonyl (C=O) groups excluding carboxylic acids is 2. The zero-order chi connectivity index (χ0) is 19.0. The van der Waals surface area contributed by atoms with Gasteiger partial charge in [0.2, 0.25) is 0 Å². The highest BCUT2D eigenvalue weighted by molar-refractivity contribution is 7.14. The molecule has 1 unspecified atom stereocenters. The first-order valence-corrected chi connectivity index (χ1v) is 9.70. The number of fused-ring (bicyclic) bond motifs is 1.